The van der Waals surface area contributed by atoms with Gasteiger partial charge in [0.25, 0.3) is 0 Å². The summed E-state index contributed by atoms with van der Waals surface area (Å²) in [5, 5.41) is 4.14. The van der Waals surface area contributed by atoms with Crippen LogP contribution in [0.2, 0.25) is 5.02 Å². The van der Waals surface area contributed by atoms with Gasteiger partial charge < -0.3 is 25.4 Å². The molecule has 170 valence electrons. The topological polar surface area (TPSA) is 91.8 Å². The second-order valence-electron chi connectivity index (χ2n) is 7.69. The molecule has 0 aromatic carbocycles. The van der Waals surface area contributed by atoms with Gasteiger partial charge >= 0.3 is 0 Å². The third-order valence-corrected chi connectivity index (χ3v) is 5.68. The van der Waals surface area contributed by atoms with E-state index < -0.39 is 0 Å². The van der Waals surface area contributed by atoms with Crippen LogP contribution in [0.4, 0.5) is 5.82 Å². The molecule has 1 fully saturated rings. The van der Waals surface area contributed by atoms with E-state index in [0.717, 1.165) is 47.4 Å². The first-order chi connectivity index (χ1) is 14.4. The number of guanidine groups is 1. The van der Waals surface area contributed by atoms with E-state index in [9.17, 15) is 4.79 Å². The van der Waals surface area contributed by atoms with E-state index in [1.165, 1.54) is 0 Å². The molecular weight excluding hydrogens is 529 g/mol. The number of nitrogens with zero attached hydrogens (tertiary/aromatic N) is 5. The van der Waals surface area contributed by atoms with Crippen molar-refractivity contribution >= 4 is 53.3 Å². The van der Waals surface area contributed by atoms with Gasteiger partial charge in [0, 0.05) is 64.4 Å². The van der Waals surface area contributed by atoms with Gasteiger partial charge in [-0.05, 0) is 25.0 Å². The SMILES string of the molecule is CN=C(NCc1cccnc1N1CCCC(C(N)=O)C1)N(C)Cc1cc(Cl)cn1C.I. The largest absolute Gasteiger partial charge is 0.369 e. The minimum absolute atomic E-state index is 0. The molecule has 1 amide bonds. The number of carbonyl (C=O) groups excluding carboxylic acids is 1. The fraction of sp³-hybridized carbons (Fsp3) is 0.476. The molecular formula is C21H31ClIN7O. The number of halogens is 2. The number of hydrogen-bond acceptors (Lipinski definition) is 4. The summed E-state index contributed by atoms with van der Waals surface area (Å²) in [6, 6.07) is 5.93. The predicted molar refractivity (Wildman–Crippen MR) is 136 cm³/mol. The highest BCUT2D eigenvalue weighted by molar-refractivity contribution is 14.0. The molecule has 1 atom stereocenters. The smallest absolute Gasteiger partial charge is 0.222 e. The molecule has 1 unspecified atom stereocenters. The monoisotopic (exact) mass is 559 g/mol. The lowest BCUT2D eigenvalue weighted by Gasteiger charge is -2.33. The van der Waals surface area contributed by atoms with Crippen LogP contribution in [0, 0.1) is 5.92 Å². The van der Waals surface area contributed by atoms with Gasteiger partial charge in [-0.3, -0.25) is 9.79 Å². The zero-order valence-electron chi connectivity index (χ0n) is 18.2. The van der Waals surface area contributed by atoms with Gasteiger partial charge in [0.1, 0.15) is 5.82 Å². The van der Waals surface area contributed by atoms with Crippen LogP contribution in [0.15, 0.2) is 35.6 Å². The zero-order chi connectivity index (χ0) is 21.7. The number of aliphatic imine (C=N–C) groups is 1. The summed E-state index contributed by atoms with van der Waals surface area (Å²) in [5.41, 5.74) is 7.69. The number of nitrogens with one attached hydrogen (secondary N) is 1. The summed E-state index contributed by atoms with van der Waals surface area (Å²) < 4.78 is 2.01. The molecule has 31 heavy (non-hydrogen) atoms. The summed E-state index contributed by atoms with van der Waals surface area (Å²) in [6.45, 7) is 2.74. The summed E-state index contributed by atoms with van der Waals surface area (Å²) in [5.74, 6) is 1.30. The third kappa shape index (κ3) is 6.49. The lowest BCUT2D eigenvalue weighted by atomic mass is 9.97. The van der Waals surface area contributed by atoms with Crippen molar-refractivity contribution in [1.29, 1.82) is 0 Å². The van der Waals surface area contributed by atoms with Gasteiger partial charge in [-0.15, -0.1) is 24.0 Å². The van der Waals surface area contributed by atoms with Crippen molar-refractivity contribution in [2.75, 3.05) is 32.1 Å². The van der Waals surface area contributed by atoms with Crippen molar-refractivity contribution in [2.24, 2.45) is 23.7 Å². The highest BCUT2D eigenvalue weighted by Crippen LogP contribution is 2.24. The Morgan fingerprint density at radius 3 is 2.90 bits per heavy atom. The van der Waals surface area contributed by atoms with Crippen LogP contribution in [0.3, 0.4) is 0 Å². The van der Waals surface area contributed by atoms with Crippen molar-refractivity contribution in [3.8, 4) is 0 Å². The first kappa shape index (κ1) is 25.3. The fourth-order valence-corrected chi connectivity index (χ4v) is 4.13. The van der Waals surface area contributed by atoms with Crippen LogP contribution in [-0.4, -0.2) is 53.5 Å². The number of nitrogens with two attached hydrogens (primary N) is 1. The second kappa shape index (κ2) is 11.6. The second-order valence-corrected chi connectivity index (χ2v) is 8.13. The number of anilines is 1. The Bertz CT molecular complexity index is 917. The van der Waals surface area contributed by atoms with Crippen molar-refractivity contribution in [2.45, 2.75) is 25.9 Å². The highest BCUT2D eigenvalue weighted by atomic mass is 127. The van der Waals surface area contributed by atoms with Crippen molar-refractivity contribution in [1.82, 2.24) is 19.8 Å². The van der Waals surface area contributed by atoms with Gasteiger partial charge in [-0.1, -0.05) is 17.7 Å². The van der Waals surface area contributed by atoms with E-state index in [0.29, 0.717) is 19.6 Å². The normalized spacial score (nSPS) is 16.6. The molecule has 1 saturated heterocycles. The van der Waals surface area contributed by atoms with Gasteiger partial charge in [-0.2, -0.15) is 0 Å². The quantitative estimate of drug-likeness (QED) is 0.323. The summed E-state index contributed by atoms with van der Waals surface area (Å²) in [7, 11) is 5.73. The molecule has 1 aliphatic rings. The number of amides is 1. The number of pyridine rings is 1. The van der Waals surface area contributed by atoms with Crippen molar-refractivity contribution < 1.29 is 4.79 Å². The van der Waals surface area contributed by atoms with Crippen LogP contribution in [0.25, 0.3) is 0 Å². The molecule has 10 heteroatoms. The molecule has 2 aromatic heterocycles. The maximum absolute atomic E-state index is 11.7. The van der Waals surface area contributed by atoms with Gasteiger partial charge in [0.2, 0.25) is 5.91 Å². The van der Waals surface area contributed by atoms with Crippen LogP contribution in [0.5, 0.6) is 0 Å². The maximum Gasteiger partial charge on any atom is 0.222 e. The maximum atomic E-state index is 11.7. The predicted octanol–water partition coefficient (Wildman–Crippen LogP) is 2.60. The number of primary amides is 1. The van der Waals surface area contributed by atoms with Crippen molar-refractivity contribution in [3.63, 3.8) is 0 Å². The van der Waals surface area contributed by atoms with Crippen molar-refractivity contribution in [3.05, 3.63) is 46.9 Å². The summed E-state index contributed by atoms with van der Waals surface area (Å²) >= 11 is 6.10. The number of carbonyl (C=O) groups is 1. The zero-order valence-corrected chi connectivity index (χ0v) is 21.3. The third-order valence-electron chi connectivity index (χ3n) is 5.47. The first-order valence-corrected chi connectivity index (χ1v) is 10.5. The Morgan fingerprint density at radius 2 is 2.26 bits per heavy atom. The molecule has 0 spiro atoms. The Hall–Kier alpha value is -2.01. The number of hydrogen-bond donors (Lipinski definition) is 2. The molecule has 8 nitrogen and oxygen atoms in total. The van der Waals surface area contributed by atoms with E-state index >= 15 is 0 Å². The molecule has 0 bridgehead atoms. The minimum Gasteiger partial charge on any atom is -0.369 e. The van der Waals surface area contributed by atoms with Gasteiger partial charge in [-0.25, -0.2) is 4.98 Å². The molecule has 3 rings (SSSR count). The molecule has 0 radical (unpaired) electrons. The summed E-state index contributed by atoms with van der Waals surface area (Å²) in [4.78, 5) is 24.9. The van der Waals surface area contributed by atoms with E-state index in [4.69, 9.17) is 17.3 Å². The Balaban J connectivity index is 0.00000341. The number of aromatic nitrogens is 2. The van der Waals surface area contributed by atoms with E-state index in [1.54, 1.807) is 13.2 Å². The number of aryl methyl sites for hydroxylation is 1. The van der Waals surface area contributed by atoms with Crippen LogP contribution in [-0.2, 0) is 24.9 Å². The van der Waals surface area contributed by atoms with E-state index in [2.05, 4.69) is 20.2 Å². The highest BCUT2D eigenvalue weighted by Gasteiger charge is 2.26. The van der Waals surface area contributed by atoms with E-state index in [1.807, 2.05) is 48.0 Å². The Labute approximate surface area is 205 Å². The average molecular weight is 560 g/mol. The molecule has 2 aromatic rings. The molecule has 3 N–H and O–H groups in total. The summed E-state index contributed by atoms with van der Waals surface area (Å²) in [6.07, 6.45) is 5.45. The molecule has 1 aliphatic heterocycles. The lowest BCUT2D eigenvalue weighted by Crippen LogP contribution is -2.42. The molecule has 0 saturated carbocycles. The van der Waals surface area contributed by atoms with E-state index in [-0.39, 0.29) is 35.8 Å². The Kier molecular flexibility index (Phi) is 9.42. The Morgan fingerprint density at radius 1 is 1.48 bits per heavy atom. The number of piperidine rings is 1. The molecule has 3 heterocycles. The average Bonchev–Trinajstić information content (AvgIpc) is 3.05. The lowest BCUT2D eigenvalue weighted by molar-refractivity contribution is -0.122. The van der Waals surface area contributed by atoms with Crippen LogP contribution >= 0.6 is 35.6 Å². The van der Waals surface area contributed by atoms with Gasteiger partial charge in [0.05, 0.1) is 17.5 Å². The first-order valence-electron chi connectivity index (χ1n) is 10.1. The standard InChI is InChI=1S/C21H30ClN7O.HI/c1-24-21(28(3)14-18-10-17(22)13-27(18)2)26-11-15-6-4-8-25-20(15)29-9-5-7-16(12-29)19(23)30;/h4,6,8,10,13,16H,5,7,9,11-12,14H2,1-3H3,(H2,23,30)(H,24,26);1H. The van der Waals surface area contributed by atoms with Crippen LogP contribution < -0.4 is 16.0 Å². The minimum atomic E-state index is -0.238. The fourth-order valence-electron chi connectivity index (χ4n) is 3.85. The molecule has 0 aliphatic carbocycles. The van der Waals surface area contributed by atoms with Gasteiger partial charge in [0.15, 0.2) is 5.96 Å². The number of rotatable bonds is 6. The van der Waals surface area contributed by atoms with Crippen LogP contribution in [0.1, 0.15) is 24.1 Å².